The molecule has 0 bridgehead atoms. The molecule has 0 aromatic rings. The Labute approximate surface area is 114 Å². The molecule has 1 atom stereocenters. The number of hydrogen-bond acceptors (Lipinski definition) is 5. The lowest BCUT2D eigenvalue weighted by atomic mass is 10.0. The Balaban J connectivity index is 2.87. The van der Waals surface area contributed by atoms with Gasteiger partial charge in [-0.15, -0.1) is 0 Å². The molecule has 1 fully saturated rings. The molecule has 7 nitrogen and oxygen atoms in total. The van der Waals surface area contributed by atoms with E-state index in [1.165, 1.54) is 9.21 Å². The number of nitrogens with zero attached hydrogens (tertiary/aromatic N) is 2. The molecule has 1 N–H and O–H groups in total. The van der Waals surface area contributed by atoms with Gasteiger partial charge in [-0.2, -0.15) is 4.31 Å². The summed E-state index contributed by atoms with van der Waals surface area (Å²) in [5.74, 6) is -0.294. The van der Waals surface area contributed by atoms with Crippen molar-refractivity contribution in [2.75, 3.05) is 45.6 Å². The van der Waals surface area contributed by atoms with Crippen LogP contribution in [-0.4, -0.2) is 79.9 Å². The van der Waals surface area contributed by atoms with Crippen LogP contribution in [0.5, 0.6) is 0 Å². The van der Waals surface area contributed by atoms with Gasteiger partial charge in [-0.25, -0.2) is 8.42 Å². The molecule has 1 rings (SSSR count). The van der Waals surface area contributed by atoms with Gasteiger partial charge in [0.1, 0.15) is 0 Å². The fraction of sp³-hybridized carbons (Fsp3) is 0.909. The van der Waals surface area contributed by atoms with Crippen LogP contribution in [0.3, 0.4) is 0 Å². The van der Waals surface area contributed by atoms with Crippen molar-refractivity contribution in [3.8, 4) is 0 Å². The Morgan fingerprint density at radius 1 is 1.53 bits per heavy atom. The van der Waals surface area contributed by atoms with Crippen LogP contribution in [-0.2, 0) is 19.6 Å². The number of carbonyl (C=O) groups is 1. The molecule has 0 saturated carbocycles. The van der Waals surface area contributed by atoms with Crippen molar-refractivity contribution in [3.63, 3.8) is 0 Å². The number of carbonyl (C=O) groups excluding carboxylic acids is 1. The number of aliphatic hydroxyl groups is 1. The van der Waals surface area contributed by atoms with E-state index in [0.29, 0.717) is 6.54 Å². The summed E-state index contributed by atoms with van der Waals surface area (Å²) >= 11 is 0. The summed E-state index contributed by atoms with van der Waals surface area (Å²) in [6.45, 7) is 4.36. The smallest absolute Gasteiger partial charge is 0.255 e. The normalized spacial score (nSPS) is 25.3. The van der Waals surface area contributed by atoms with Crippen LogP contribution in [0.15, 0.2) is 0 Å². The zero-order valence-corrected chi connectivity index (χ0v) is 12.4. The third-order valence-corrected chi connectivity index (χ3v) is 4.45. The molecule has 1 aliphatic rings. The van der Waals surface area contributed by atoms with E-state index >= 15 is 0 Å². The number of sulfonamides is 1. The van der Waals surface area contributed by atoms with Crippen molar-refractivity contribution in [3.05, 3.63) is 0 Å². The standard InChI is InChI=1S/C11H22N2O5S/c1-4-12(5-7-14)10(15)11(2)9-13(6-8-18-11)19(3,16)17/h14H,4-9H2,1-3H3/t11-/m1/s1. The maximum absolute atomic E-state index is 12.4. The van der Waals surface area contributed by atoms with Crippen LogP contribution in [0.4, 0.5) is 0 Å². The Morgan fingerprint density at radius 3 is 2.63 bits per heavy atom. The van der Waals surface area contributed by atoms with E-state index in [1.54, 1.807) is 13.8 Å². The highest BCUT2D eigenvalue weighted by atomic mass is 32.2. The summed E-state index contributed by atoms with van der Waals surface area (Å²) in [5.41, 5.74) is -1.19. The average Bonchev–Trinajstić information content (AvgIpc) is 2.34. The molecule has 1 aliphatic heterocycles. The van der Waals surface area contributed by atoms with E-state index in [2.05, 4.69) is 0 Å². The first kappa shape index (κ1) is 16.4. The number of likely N-dealkylation sites (N-methyl/N-ethyl adjacent to an activating group) is 1. The van der Waals surface area contributed by atoms with E-state index in [9.17, 15) is 13.2 Å². The lowest BCUT2D eigenvalue weighted by molar-refractivity contribution is -0.163. The van der Waals surface area contributed by atoms with E-state index in [-0.39, 0.29) is 38.8 Å². The number of amides is 1. The first-order valence-corrected chi connectivity index (χ1v) is 8.08. The van der Waals surface area contributed by atoms with Gasteiger partial charge in [0.25, 0.3) is 5.91 Å². The second-order valence-corrected chi connectivity index (χ2v) is 6.77. The molecule has 19 heavy (non-hydrogen) atoms. The number of hydrogen-bond donors (Lipinski definition) is 1. The van der Waals surface area contributed by atoms with Crippen LogP contribution in [0, 0.1) is 0 Å². The van der Waals surface area contributed by atoms with Crippen molar-refractivity contribution in [2.45, 2.75) is 19.4 Å². The van der Waals surface area contributed by atoms with Gasteiger partial charge in [0.2, 0.25) is 10.0 Å². The Kier molecular flexibility index (Phi) is 5.31. The minimum absolute atomic E-state index is 0.00654. The monoisotopic (exact) mass is 294 g/mol. The summed E-state index contributed by atoms with van der Waals surface area (Å²) in [7, 11) is -3.34. The zero-order chi connectivity index (χ0) is 14.7. The van der Waals surface area contributed by atoms with Gasteiger partial charge < -0.3 is 14.7 Å². The second kappa shape index (κ2) is 6.17. The number of ether oxygens (including phenoxy) is 1. The molecule has 0 spiro atoms. The molecule has 112 valence electrons. The van der Waals surface area contributed by atoms with Crippen LogP contribution in [0.2, 0.25) is 0 Å². The van der Waals surface area contributed by atoms with Gasteiger partial charge in [-0.3, -0.25) is 4.79 Å². The van der Waals surface area contributed by atoms with Crippen molar-refractivity contribution < 1.29 is 23.1 Å². The molecule has 1 heterocycles. The third kappa shape index (κ3) is 3.88. The Hall–Kier alpha value is -0.700. The number of morpholine rings is 1. The molecular formula is C11H22N2O5S. The van der Waals surface area contributed by atoms with Crippen molar-refractivity contribution in [1.82, 2.24) is 9.21 Å². The minimum atomic E-state index is -3.34. The van der Waals surface area contributed by atoms with Gasteiger partial charge in [0, 0.05) is 19.6 Å². The molecule has 0 aromatic carbocycles. The topological polar surface area (TPSA) is 87.2 Å². The molecular weight excluding hydrogens is 272 g/mol. The van der Waals surface area contributed by atoms with Crippen molar-refractivity contribution in [1.29, 1.82) is 0 Å². The Bertz CT molecular complexity index is 425. The molecule has 0 aliphatic carbocycles. The molecule has 1 amide bonds. The number of aliphatic hydroxyl groups excluding tert-OH is 1. The minimum Gasteiger partial charge on any atom is -0.395 e. The van der Waals surface area contributed by atoms with E-state index in [0.717, 1.165) is 6.26 Å². The van der Waals surface area contributed by atoms with Crippen LogP contribution >= 0.6 is 0 Å². The largest absolute Gasteiger partial charge is 0.395 e. The SMILES string of the molecule is CCN(CCO)C(=O)[C@@]1(C)CN(S(C)(=O)=O)CCO1. The first-order chi connectivity index (χ1) is 8.74. The lowest BCUT2D eigenvalue weighted by Crippen LogP contribution is -2.60. The zero-order valence-electron chi connectivity index (χ0n) is 11.6. The summed E-state index contributed by atoms with van der Waals surface area (Å²) in [6, 6.07) is 0. The highest BCUT2D eigenvalue weighted by Gasteiger charge is 2.43. The van der Waals surface area contributed by atoms with Gasteiger partial charge in [-0.05, 0) is 13.8 Å². The summed E-state index contributed by atoms with van der Waals surface area (Å²) in [4.78, 5) is 13.8. The van der Waals surface area contributed by atoms with Gasteiger partial charge in [-0.1, -0.05) is 0 Å². The van der Waals surface area contributed by atoms with E-state index in [4.69, 9.17) is 9.84 Å². The van der Waals surface area contributed by atoms with Crippen LogP contribution in [0.1, 0.15) is 13.8 Å². The average molecular weight is 294 g/mol. The molecule has 0 unspecified atom stereocenters. The maximum atomic E-state index is 12.4. The summed E-state index contributed by atoms with van der Waals surface area (Å²) in [5, 5.41) is 8.94. The quantitative estimate of drug-likeness (QED) is 0.694. The summed E-state index contributed by atoms with van der Waals surface area (Å²) in [6.07, 6.45) is 1.12. The molecule has 1 saturated heterocycles. The molecule has 8 heteroatoms. The van der Waals surface area contributed by atoms with Gasteiger partial charge >= 0.3 is 0 Å². The first-order valence-electron chi connectivity index (χ1n) is 6.24. The second-order valence-electron chi connectivity index (χ2n) is 4.78. The summed E-state index contributed by atoms with van der Waals surface area (Å²) < 4.78 is 29.9. The predicted molar refractivity (Wildman–Crippen MR) is 70.1 cm³/mol. The van der Waals surface area contributed by atoms with Crippen molar-refractivity contribution in [2.24, 2.45) is 0 Å². The Morgan fingerprint density at radius 2 is 2.16 bits per heavy atom. The van der Waals surface area contributed by atoms with Crippen molar-refractivity contribution >= 4 is 15.9 Å². The maximum Gasteiger partial charge on any atom is 0.255 e. The van der Waals surface area contributed by atoms with E-state index < -0.39 is 15.6 Å². The number of rotatable bonds is 5. The fourth-order valence-electron chi connectivity index (χ4n) is 2.10. The lowest BCUT2D eigenvalue weighted by Gasteiger charge is -2.40. The molecule has 0 radical (unpaired) electrons. The predicted octanol–water partition coefficient (Wildman–Crippen LogP) is -1.12. The highest BCUT2D eigenvalue weighted by molar-refractivity contribution is 7.88. The van der Waals surface area contributed by atoms with E-state index in [1.807, 2.05) is 0 Å². The third-order valence-electron chi connectivity index (χ3n) is 3.20. The van der Waals surface area contributed by atoms with Crippen LogP contribution in [0.25, 0.3) is 0 Å². The van der Waals surface area contributed by atoms with Crippen LogP contribution < -0.4 is 0 Å². The van der Waals surface area contributed by atoms with Gasteiger partial charge in [0.05, 0.1) is 26.0 Å². The molecule has 0 aromatic heterocycles. The highest BCUT2D eigenvalue weighted by Crippen LogP contribution is 2.22. The van der Waals surface area contributed by atoms with Gasteiger partial charge in [0.15, 0.2) is 5.60 Å². The fourth-order valence-corrected chi connectivity index (χ4v) is 2.99.